The summed E-state index contributed by atoms with van der Waals surface area (Å²) in [4.78, 5) is 35.9. The summed E-state index contributed by atoms with van der Waals surface area (Å²) in [6, 6.07) is 12.6. The van der Waals surface area contributed by atoms with Crippen molar-refractivity contribution in [2.45, 2.75) is 27.7 Å². The number of Topliss-reactive ketones (excluding diaryl/α,β-unsaturated/α-hetero) is 2. The summed E-state index contributed by atoms with van der Waals surface area (Å²) >= 11 is 0. The zero-order chi connectivity index (χ0) is 21.1. The van der Waals surface area contributed by atoms with Gasteiger partial charge in [-0.2, -0.15) is 5.26 Å². The van der Waals surface area contributed by atoms with Crippen LogP contribution in [0, 0.1) is 39.7 Å². The van der Waals surface area contributed by atoms with Crippen molar-refractivity contribution in [1.29, 1.82) is 5.26 Å². The monoisotopic (exact) mass is 380 g/mol. The molecule has 2 aromatic rings. The second-order valence-corrected chi connectivity index (χ2v) is 7.34. The van der Waals surface area contributed by atoms with Crippen molar-refractivity contribution < 1.29 is 19.2 Å². The maximum Gasteiger partial charge on any atom is 0.283 e. The number of nitrogens with zero attached hydrogens (tertiary/aromatic N) is 2. The second kappa shape index (κ2) is 8.01. The number of hydrogen-bond acceptors (Lipinski definition) is 6. The van der Waals surface area contributed by atoms with Gasteiger partial charge in [0.05, 0.1) is 22.6 Å². The Bertz CT molecular complexity index is 983. The van der Waals surface area contributed by atoms with Crippen molar-refractivity contribution in [3.8, 4) is 17.6 Å². The van der Waals surface area contributed by atoms with Crippen LogP contribution in [0.25, 0.3) is 0 Å². The summed E-state index contributed by atoms with van der Waals surface area (Å²) in [7, 11) is 0. The van der Waals surface area contributed by atoms with Gasteiger partial charge in [0.1, 0.15) is 11.5 Å². The third kappa shape index (κ3) is 4.41. The van der Waals surface area contributed by atoms with Crippen molar-refractivity contribution in [3.05, 3.63) is 63.7 Å². The van der Waals surface area contributed by atoms with Crippen LogP contribution in [0.2, 0.25) is 0 Å². The van der Waals surface area contributed by atoms with Gasteiger partial charge in [0.2, 0.25) is 0 Å². The number of hydrogen-bond donors (Lipinski definition) is 0. The highest BCUT2D eigenvalue weighted by atomic mass is 16.6. The number of carbonyl (C=O) groups excluding carboxylic acids is 2. The lowest BCUT2D eigenvalue weighted by molar-refractivity contribution is -0.385. The Hall–Kier alpha value is -3.53. The van der Waals surface area contributed by atoms with Gasteiger partial charge in [-0.1, -0.05) is 39.0 Å². The summed E-state index contributed by atoms with van der Waals surface area (Å²) in [5.74, 6) is -2.39. The molecule has 0 radical (unpaired) electrons. The number of benzene rings is 2. The Labute approximate surface area is 162 Å². The summed E-state index contributed by atoms with van der Waals surface area (Å²) in [6.07, 6.45) is 0. The molecule has 0 bridgehead atoms. The highest BCUT2D eigenvalue weighted by Crippen LogP contribution is 2.32. The molecule has 0 saturated heterocycles. The standard InChI is InChI=1S/C21H20N2O5/c1-13-7-5-6-8-18(13)28-14-9-10-15(17(11-14)23(26)27)19(24)16(12-22)20(25)21(2,3)4/h5-11,16H,1-4H3. The molecule has 0 N–H and O–H groups in total. The van der Waals surface area contributed by atoms with E-state index in [9.17, 15) is 25.0 Å². The molecule has 0 aliphatic heterocycles. The predicted octanol–water partition coefficient (Wildman–Crippen LogP) is 4.63. The minimum absolute atomic E-state index is 0.174. The molecule has 0 fully saturated rings. The molecule has 2 aromatic carbocycles. The zero-order valence-electron chi connectivity index (χ0n) is 16.1. The number of carbonyl (C=O) groups is 2. The zero-order valence-corrected chi connectivity index (χ0v) is 16.1. The normalized spacial score (nSPS) is 12.0. The van der Waals surface area contributed by atoms with Crippen LogP contribution >= 0.6 is 0 Å². The maximum absolute atomic E-state index is 12.7. The van der Waals surface area contributed by atoms with Crippen LogP contribution in [0.15, 0.2) is 42.5 Å². The minimum atomic E-state index is -1.61. The highest BCUT2D eigenvalue weighted by molar-refractivity contribution is 6.15. The summed E-state index contributed by atoms with van der Waals surface area (Å²) < 4.78 is 5.68. The van der Waals surface area contributed by atoms with E-state index in [1.54, 1.807) is 39.0 Å². The van der Waals surface area contributed by atoms with Crippen LogP contribution in [0.3, 0.4) is 0 Å². The van der Waals surface area contributed by atoms with Crippen LogP contribution < -0.4 is 4.74 Å². The highest BCUT2D eigenvalue weighted by Gasteiger charge is 2.37. The molecule has 2 rings (SSSR count). The third-order valence-electron chi connectivity index (χ3n) is 4.15. The van der Waals surface area contributed by atoms with Crippen molar-refractivity contribution in [2.24, 2.45) is 11.3 Å². The first-order valence-corrected chi connectivity index (χ1v) is 8.56. The van der Waals surface area contributed by atoms with Crippen LogP contribution in [0.1, 0.15) is 36.7 Å². The summed E-state index contributed by atoms with van der Waals surface area (Å²) in [5, 5.41) is 20.8. The van der Waals surface area contributed by atoms with Crippen molar-refractivity contribution in [3.63, 3.8) is 0 Å². The summed E-state index contributed by atoms with van der Waals surface area (Å²) in [5.41, 5.74) is -0.909. The number of nitro benzene ring substituents is 1. The van der Waals surface area contributed by atoms with Gasteiger partial charge in [0.15, 0.2) is 17.5 Å². The largest absolute Gasteiger partial charge is 0.457 e. The van der Waals surface area contributed by atoms with Gasteiger partial charge in [-0.15, -0.1) is 0 Å². The van der Waals surface area contributed by atoms with Gasteiger partial charge in [-0.3, -0.25) is 19.7 Å². The third-order valence-corrected chi connectivity index (χ3v) is 4.15. The molecule has 7 heteroatoms. The van der Waals surface area contributed by atoms with E-state index in [4.69, 9.17) is 4.74 Å². The number of ketones is 2. The SMILES string of the molecule is Cc1ccccc1Oc1ccc(C(=O)C(C#N)C(=O)C(C)(C)C)c([N+](=O)[O-])c1. The van der Waals surface area contributed by atoms with Crippen molar-refractivity contribution in [1.82, 2.24) is 0 Å². The van der Waals surface area contributed by atoms with Gasteiger partial charge in [0, 0.05) is 5.41 Å². The predicted molar refractivity (Wildman–Crippen MR) is 102 cm³/mol. The van der Waals surface area contributed by atoms with E-state index in [0.29, 0.717) is 5.75 Å². The smallest absolute Gasteiger partial charge is 0.283 e. The number of nitro groups is 1. The first-order valence-electron chi connectivity index (χ1n) is 8.56. The van der Waals surface area contributed by atoms with Gasteiger partial charge >= 0.3 is 0 Å². The van der Waals surface area contributed by atoms with E-state index >= 15 is 0 Å². The molecular formula is C21H20N2O5. The number of para-hydroxylation sites is 1. The molecule has 7 nitrogen and oxygen atoms in total. The van der Waals surface area contributed by atoms with E-state index < -0.39 is 33.5 Å². The van der Waals surface area contributed by atoms with Gasteiger partial charge < -0.3 is 4.74 Å². The van der Waals surface area contributed by atoms with Gasteiger partial charge in [-0.25, -0.2) is 0 Å². The molecule has 1 atom stereocenters. The molecule has 0 heterocycles. The van der Waals surface area contributed by atoms with Crippen molar-refractivity contribution in [2.75, 3.05) is 0 Å². The van der Waals surface area contributed by atoms with Gasteiger partial charge in [0.25, 0.3) is 5.69 Å². The fourth-order valence-corrected chi connectivity index (χ4v) is 2.56. The Kier molecular flexibility index (Phi) is 5.94. The maximum atomic E-state index is 12.7. The van der Waals surface area contributed by atoms with Crippen LogP contribution in [-0.4, -0.2) is 16.5 Å². The average Bonchev–Trinajstić information content (AvgIpc) is 2.63. The molecule has 28 heavy (non-hydrogen) atoms. The Morgan fingerprint density at radius 2 is 1.82 bits per heavy atom. The summed E-state index contributed by atoms with van der Waals surface area (Å²) in [6.45, 7) is 6.58. The van der Waals surface area contributed by atoms with Crippen LogP contribution in [0.5, 0.6) is 11.5 Å². The van der Waals surface area contributed by atoms with E-state index in [2.05, 4.69) is 0 Å². The fraction of sp³-hybridized carbons (Fsp3) is 0.286. The topological polar surface area (TPSA) is 110 Å². The number of ether oxygens (including phenoxy) is 1. The van der Waals surface area contributed by atoms with Gasteiger partial charge in [-0.05, 0) is 30.7 Å². The van der Waals surface area contributed by atoms with E-state index in [-0.39, 0.29) is 11.3 Å². The fourth-order valence-electron chi connectivity index (χ4n) is 2.56. The molecule has 0 spiro atoms. The first kappa shape index (κ1) is 20.8. The molecular weight excluding hydrogens is 360 g/mol. The van der Waals surface area contributed by atoms with E-state index in [0.717, 1.165) is 11.6 Å². The lowest BCUT2D eigenvalue weighted by Gasteiger charge is -2.19. The lowest BCUT2D eigenvalue weighted by Crippen LogP contribution is -2.33. The molecule has 1 unspecified atom stereocenters. The minimum Gasteiger partial charge on any atom is -0.457 e. The Morgan fingerprint density at radius 3 is 2.36 bits per heavy atom. The molecule has 0 aromatic heterocycles. The number of nitriles is 1. The Morgan fingerprint density at radius 1 is 1.18 bits per heavy atom. The molecule has 0 aliphatic carbocycles. The second-order valence-electron chi connectivity index (χ2n) is 7.34. The van der Waals surface area contributed by atoms with Crippen molar-refractivity contribution >= 4 is 17.3 Å². The molecule has 0 aliphatic rings. The van der Waals surface area contributed by atoms with Crippen LogP contribution in [-0.2, 0) is 4.79 Å². The molecule has 0 saturated carbocycles. The number of rotatable bonds is 6. The van der Waals surface area contributed by atoms with E-state index in [1.807, 2.05) is 19.1 Å². The van der Waals surface area contributed by atoms with Crippen LogP contribution in [0.4, 0.5) is 5.69 Å². The van der Waals surface area contributed by atoms with E-state index in [1.165, 1.54) is 12.1 Å². The molecule has 144 valence electrons. The first-order chi connectivity index (χ1) is 13.1. The Balaban J connectivity index is 2.44. The molecule has 0 amide bonds. The average molecular weight is 380 g/mol. The number of aryl methyl sites for hydroxylation is 1. The quantitative estimate of drug-likeness (QED) is 0.313. The lowest BCUT2D eigenvalue weighted by atomic mass is 9.80.